The van der Waals surface area contributed by atoms with E-state index >= 15 is 0 Å². The van der Waals surface area contributed by atoms with Gasteiger partial charge in [0.05, 0.1) is 23.8 Å². The van der Waals surface area contributed by atoms with Crippen molar-refractivity contribution >= 4 is 34.1 Å². The zero-order valence-corrected chi connectivity index (χ0v) is 19.5. The van der Waals surface area contributed by atoms with Crippen molar-refractivity contribution in [1.29, 1.82) is 0 Å². The minimum atomic E-state index is 0.523. The van der Waals surface area contributed by atoms with Crippen LogP contribution in [0.4, 0.5) is 17.5 Å². The molecular weight excluding hydrogens is 440 g/mol. The second kappa shape index (κ2) is 8.02. The fourth-order valence-corrected chi connectivity index (χ4v) is 4.71. The van der Waals surface area contributed by atoms with Gasteiger partial charge in [-0.15, -0.1) is 0 Å². The highest BCUT2D eigenvalue weighted by Crippen LogP contribution is 2.41. The molecule has 0 unspecified atom stereocenters. The number of aromatic nitrogens is 7. The molecule has 0 aromatic carbocycles. The Morgan fingerprint density at radius 2 is 1.86 bits per heavy atom. The summed E-state index contributed by atoms with van der Waals surface area (Å²) in [6.07, 6.45) is 12.0. The summed E-state index contributed by atoms with van der Waals surface area (Å²) in [5, 5.41) is 8.66. The molecule has 1 saturated carbocycles. The molecule has 0 radical (unpaired) electrons. The van der Waals surface area contributed by atoms with Gasteiger partial charge in [0.2, 0.25) is 5.95 Å². The van der Waals surface area contributed by atoms with Crippen molar-refractivity contribution in [3.8, 4) is 11.3 Å². The Hall–Kier alpha value is -4.05. The number of likely N-dealkylation sites (N-methyl/N-ethyl adjacent to an activating group) is 1. The third kappa shape index (κ3) is 3.75. The van der Waals surface area contributed by atoms with Crippen molar-refractivity contribution in [2.75, 3.05) is 43.4 Å². The van der Waals surface area contributed by atoms with Crippen molar-refractivity contribution in [2.45, 2.75) is 18.8 Å². The molecule has 0 spiro atoms. The lowest BCUT2D eigenvalue weighted by molar-refractivity contribution is 0.312. The third-order valence-corrected chi connectivity index (χ3v) is 6.95. The summed E-state index contributed by atoms with van der Waals surface area (Å²) in [5.41, 5.74) is 5.66. The van der Waals surface area contributed by atoms with Crippen LogP contribution in [0.3, 0.4) is 0 Å². The predicted octanol–water partition coefficient (Wildman–Crippen LogP) is 3.44. The van der Waals surface area contributed by atoms with E-state index < -0.39 is 0 Å². The van der Waals surface area contributed by atoms with Gasteiger partial charge < -0.3 is 20.1 Å². The fourth-order valence-electron chi connectivity index (χ4n) is 4.71. The number of rotatable bonds is 5. The molecule has 5 aromatic heterocycles. The number of fused-ring (bicyclic) bond motifs is 2. The number of hydrogen-bond donors (Lipinski definition) is 2. The number of aromatic amines is 1. The maximum Gasteiger partial charge on any atom is 0.229 e. The van der Waals surface area contributed by atoms with E-state index in [4.69, 9.17) is 4.98 Å². The predicted molar refractivity (Wildman–Crippen MR) is 135 cm³/mol. The first kappa shape index (κ1) is 20.3. The van der Waals surface area contributed by atoms with Gasteiger partial charge in [-0.25, -0.2) is 19.5 Å². The highest BCUT2D eigenvalue weighted by molar-refractivity contribution is 5.92. The molecule has 2 aliphatic rings. The molecule has 0 amide bonds. The summed E-state index contributed by atoms with van der Waals surface area (Å²) in [6.45, 7) is 4.11. The molecule has 0 atom stereocenters. The molecule has 1 saturated heterocycles. The monoisotopic (exact) mass is 466 g/mol. The number of nitrogens with zero attached hydrogens (tertiary/aromatic N) is 8. The van der Waals surface area contributed by atoms with E-state index in [0.29, 0.717) is 11.9 Å². The van der Waals surface area contributed by atoms with E-state index in [9.17, 15) is 0 Å². The van der Waals surface area contributed by atoms with Gasteiger partial charge in [-0.3, -0.25) is 0 Å². The Morgan fingerprint density at radius 1 is 0.971 bits per heavy atom. The van der Waals surface area contributed by atoms with Gasteiger partial charge in [-0.2, -0.15) is 10.1 Å². The Bertz CT molecular complexity index is 1510. The minimum Gasteiger partial charge on any atom is -0.354 e. The second-order valence-electron chi connectivity index (χ2n) is 9.43. The highest BCUT2D eigenvalue weighted by Gasteiger charge is 2.27. The summed E-state index contributed by atoms with van der Waals surface area (Å²) in [6, 6.07) is 6.06. The van der Waals surface area contributed by atoms with E-state index in [-0.39, 0.29) is 0 Å². The summed E-state index contributed by atoms with van der Waals surface area (Å²) < 4.78 is 1.85. The van der Waals surface area contributed by atoms with Gasteiger partial charge >= 0.3 is 0 Å². The van der Waals surface area contributed by atoms with E-state index in [1.165, 1.54) is 18.4 Å². The van der Waals surface area contributed by atoms with Crippen molar-refractivity contribution in [3.05, 3.63) is 54.7 Å². The SMILES string of the molecule is CN1CCN(c2ccc(Nc3ncc4c(-c5ccn6ncc(C7CC7)c6n5)c[nH]c4n3)cn2)CC1. The number of nitrogens with one attached hydrogen (secondary N) is 2. The maximum atomic E-state index is 4.92. The molecule has 5 aromatic rings. The van der Waals surface area contributed by atoms with Crippen molar-refractivity contribution < 1.29 is 0 Å². The van der Waals surface area contributed by atoms with Gasteiger partial charge in [0.15, 0.2) is 5.65 Å². The molecule has 2 N–H and O–H groups in total. The lowest BCUT2D eigenvalue weighted by Gasteiger charge is -2.33. The topological polar surface area (TPSA) is 103 Å². The van der Waals surface area contributed by atoms with Crippen molar-refractivity contribution in [3.63, 3.8) is 0 Å². The number of anilines is 3. The van der Waals surface area contributed by atoms with Crippen LogP contribution < -0.4 is 10.2 Å². The van der Waals surface area contributed by atoms with Crippen LogP contribution in [-0.4, -0.2) is 72.7 Å². The van der Waals surface area contributed by atoms with E-state index in [2.05, 4.69) is 47.2 Å². The lowest BCUT2D eigenvalue weighted by atomic mass is 10.1. The molecule has 10 nitrogen and oxygen atoms in total. The van der Waals surface area contributed by atoms with Gasteiger partial charge in [-0.1, -0.05) is 0 Å². The van der Waals surface area contributed by atoms with Gasteiger partial charge in [0, 0.05) is 61.3 Å². The number of pyridine rings is 1. The van der Waals surface area contributed by atoms with Crippen LogP contribution in [0.1, 0.15) is 24.3 Å². The Labute approximate surface area is 202 Å². The van der Waals surface area contributed by atoms with Crippen LogP contribution in [0, 0.1) is 0 Å². The van der Waals surface area contributed by atoms with E-state index in [0.717, 1.165) is 65.6 Å². The highest BCUT2D eigenvalue weighted by atomic mass is 15.3. The van der Waals surface area contributed by atoms with Crippen LogP contribution in [0.25, 0.3) is 27.9 Å². The largest absolute Gasteiger partial charge is 0.354 e. The smallest absolute Gasteiger partial charge is 0.229 e. The molecule has 7 rings (SSSR count). The number of piperazine rings is 1. The molecule has 0 bridgehead atoms. The zero-order valence-electron chi connectivity index (χ0n) is 19.5. The molecule has 2 fully saturated rings. The second-order valence-corrected chi connectivity index (χ2v) is 9.43. The molecule has 6 heterocycles. The summed E-state index contributed by atoms with van der Waals surface area (Å²) >= 11 is 0. The van der Waals surface area contributed by atoms with E-state index in [1.54, 1.807) is 0 Å². The lowest BCUT2D eigenvalue weighted by Crippen LogP contribution is -2.44. The first-order valence-electron chi connectivity index (χ1n) is 12.1. The minimum absolute atomic E-state index is 0.523. The quantitative estimate of drug-likeness (QED) is 0.406. The first-order valence-corrected chi connectivity index (χ1v) is 12.1. The molecule has 1 aliphatic heterocycles. The summed E-state index contributed by atoms with van der Waals surface area (Å²) in [5.74, 6) is 2.12. The Morgan fingerprint density at radius 3 is 2.66 bits per heavy atom. The van der Waals surface area contributed by atoms with E-state index in [1.807, 2.05) is 53.7 Å². The van der Waals surface area contributed by atoms with Crippen LogP contribution in [0.15, 0.2) is 49.2 Å². The average Bonchev–Trinajstić information content (AvgIpc) is 3.50. The molecule has 176 valence electrons. The van der Waals surface area contributed by atoms with Crippen molar-refractivity contribution in [1.82, 2.24) is 39.4 Å². The van der Waals surface area contributed by atoms with Crippen molar-refractivity contribution in [2.24, 2.45) is 0 Å². The number of H-pyrrole nitrogens is 1. The van der Waals surface area contributed by atoms with Gasteiger partial charge in [-0.05, 0) is 44.0 Å². The van der Waals surface area contributed by atoms with Crippen LogP contribution >= 0.6 is 0 Å². The Balaban J connectivity index is 1.12. The third-order valence-electron chi connectivity index (χ3n) is 6.95. The summed E-state index contributed by atoms with van der Waals surface area (Å²) in [4.78, 5) is 26.7. The maximum absolute atomic E-state index is 4.92. The Kier molecular flexibility index (Phi) is 4.66. The van der Waals surface area contributed by atoms with Crippen LogP contribution in [0.2, 0.25) is 0 Å². The van der Waals surface area contributed by atoms with Crippen LogP contribution in [0.5, 0.6) is 0 Å². The molecular formula is C25H26N10. The molecule has 35 heavy (non-hydrogen) atoms. The molecule has 1 aliphatic carbocycles. The van der Waals surface area contributed by atoms with Crippen LogP contribution in [-0.2, 0) is 0 Å². The summed E-state index contributed by atoms with van der Waals surface area (Å²) in [7, 11) is 2.15. The standard InChI is InChI=1S/C25H26N10/c1-33-8-10-34(11-9-33)22-5-4-17(12-26-22)30-25-28-14-20-19(13-27-23(20)32-25)21-6-7-35-24(31-21)18(15-29-35)16-2-3-16/h4-7,12-16H,2-3,8-11H2,1H3,(H2,27,28,30,32). The molecule has 10 heteroatoms. The first-order chi connectivity index (χ1) is 17.2. The fraction of sp³-hybridized carbons (Fsp3) is 0.320. The average molecular weight is 467 g/mol. The van der Waals surface area contributed by atoms with Gasteiger partial charge in [0.1, 0.15) is 11.5 Å². The normalized spacial score (nSPS) is 16.9. The zero-order chi connectivity index (χ0) is 23.4. The van der Waals surface area contributed by atoms with Gasteiger partial charge in [0.25, 0.3) is 0 Å². The number of hydrogen-bond acceptors (Lipinski definition) is 8.